The van der Waals surface area contributed by atoms with E-state index in [0.29, 0.717) is 32.7 Å². The van der Waals surface area contributed by atoms with Crippen LogP contribution in [0.5, 0.6) is 5.75 Å². The zero-order valence-corrected chi connectivity index (χ0v) is 19.3. The molecule has 1 N–H and O–H groups in total. The highest BCUT2D eigenvalue weighted by molar-refractivity contribution is 5.93. The maximum absolute atomic E-state index is 13.1. The van der Waals surface area contributed by atoms with Crippen LogP contribution in [-0.2, 0) is 22.3 Å². The number of carbonyl (C=O) groups excluding carboxylic acids is 2. The zero-order valence-electron chi connectivity index (χ0n) is 19.3. The van der Waals surface area contributed by atoms with Crippen LogP contribution in [0.4, 0.5) is 18.9 Å². The lowest BCUT2D eigenvalue weighted by Gasteiger charge is -2.34. The zero-order chi connectivity index (χ0) is 24.7. The van der Waals surface area contributed by atoms with Crippen molar-refractivity contribution < 1.29 is 27.5 Å². The first-order chi connectivity index (χ1) is 16.2. The molecule has 0 spiro atoms. The molecule has 0 aliphatic carbocycles. The van der Waals surface area contributed by atoms with Crippen molar-refractivity contribution >= 4 is 17.5 Å². The van der Waals surface area contributed by atoms with Crippen LogP contribution in [0.2, 0.25) is 0 Å². The van der Waals surface area contributed by atoms with Gasteiger partial charge in [0, 0.05) is 39.8 Å². The number of alkyl halides is 3. The van der Waals surface area contributed by atoms with Gasteiger partial charge in [-0.3, -0.25) is 19.4 Å². The lowest BCUT2D eigenvalue weighted by atomic mass is 10.1. The minimum absolute atomic E-state index is 0.0102. The van der Waals surface area contributed by atoms with E-state index in [1.54, 1.807) is 19.1 Å². The second-order valence-electron chi connectivity index (χ2n) is 8.25. The summed E-state index contributed by atoms with van der Waals surface area (Å²) in [5.41, 5.74) is -0.147. The molecule has 0 bridgehead atoms. The van der Waals surface area contributed by atoms with Crippen LogP contribution in [-0.4, -0.2) is 79.9 Å². The van der Waals surface area contributed by atoms with E-state index in [1.807, 2.05) is 34.1 Å². The molecule has 1 saturated heterocycles. The molecular weight excluding hydrogens is 449 g/mol. The van der Waals surface area contributed by atoms with Gasteiger partial charge >= 0.3 is 6.18 Å². The predicted octanol–water partition coefficient (Wildman–Crippen LogP) is 2.93. The molecule has 2 amide bonds. The fraction of sp³-hybridized carbons (Fsp3) is 0.417. The highest BCUT2D eigenvalue weighted by Gasteiger charge is 2.33. The summed E-state index contributed by atoms with van der Waals surface area (Å²) in [6, 6.07) is 12.5. The van der Waals surface area contributed by atoms with E-state index in [-0.39, 0.29) is 24.7 Å². The van der Waals surface area contributed by atoms with Crippen LogP contribution in [0.1, 0.15) is 11.1 Å². The molecule has 0 radical (unpaired) electrons. The first-order valence-electron chi connectivity index (χ1n) is 10.9. The average Bonchev–Trinajstić information content (AvgIpc) is 2.80. The van der Waals surface area contributed by atoms with Gasteiger partial charge < -0.3 is 15.0 Å². The number of amides is 2. The summed E-state index contributed by atoms with van der Waals surface area (Å²) < 4.78 is 44.6. The van der Waals surface area contributed by atoms with E-state index in [4.69, 9.17) is 4.74 Å². The second kappa shape index (κ2) is 11.3. The average molecular weight is 479 g/mol. The van der Waals surface area contributed by atoms with Gasteiger partial charge in [-0.25, -0.2) is 0 Å². The highest BCUT2D eigenvalue weighted by atomic mass is 19.4. The van der Waals surface area contributed by atoms with Crippen LogP contribution >= 0.6 is 0 Å². The summed E-state index contributed by atoms with van der Waals surface area (Å²) >= 11 is 0. The molecule has 0 aromatic heterocycles. The monoisotopic (exact) mass is 478 g/mol. The van der Waals surface area contributed by atoms with Crippen molar-refractivity contribution in [2.24, 2.45) is 0 Å². The maximum Gasteiger partial charge on any atom is 0.418 e. The minimum atomic E-state index is -4.54. The van der Waals surface area contributed by atoms with E-state index in [9.17, 15) is 22.8 Å². The number of hydrogen-bond donors (Lipinski definition) is 1. The summed E-state index contributed by atoms with van der Waals surface area (Å²) in [6.07, 6.45) is -4.54. The van der Waals surface area contributed by atoms with Crippen molar-refractivity contribution in [1.29, 1.82) is 0 Å². The number of hydrogen-bond acceptors (Lipinski definition) is 5. The van der Waals surface area contributed by atoms with Gasteiger partial charge in [-0.05, 0) is 29.8 Å². The Hall–Kier alpha value is -3.11. The molecule has 2 aromatic carbocycles. The quantitative estimate of drug-likeness (QED) is 0.632. The molecule has 3 rings (SSSR count). The normalized spacial score (nSPS) is 15.1. The molecule has 0 saturated carbocycles. The maximum atomic E-state index is 13.1. The fourth-order valence-corrected chi connectivity index (χ4v) is 3.78. The van der Waals surface area contributed by atoms with Gasteiger partial charge in [0.1, 0.15) is 5.75 Å². The van der Waals surface area contributed by atoms with Gasteiger partial charge in [-0.15, -0.1) is 0 Å². The Bertz CT molecular complexity index is 991. The van der Waals surface area contributed by atoms with Crippen LogP contribution in [0.25, 0.3) is 0 Å². The van der Waals surface area contributed by atoms with Crippen molar-refractivity contribution in [3.05, 3.63) is 59.7 Å². The summed E-state index contributed by atoms with van der Waals surface area (Å²) in [7, 11) is 3.35. The van der Waals surface area contributed by atoms with Gasteiger partial charge in [0.15, 0.2) is 0 Å². The molecule has 0 unspecified atom stereocenters. The molecule has 1 aliphatic rings. The Morgan fingerprint density at radius 1 is 1.00 bits per heavy atom. The molecule has 184 valence electrons. The predicted molar refractivity (Wildman–Crippen MR) is 122 cm³/mol. The van der Waals surface area contributed by atoms with Crippen molar-refractivity contribution in [2.45, 2.75) is 12.7 Å². The lowest BCUT2D eigenvalue weighted by molar-refractivity contribution is -0.137. The van der Waals surface area contributed by atoms with E-state index >= 15 is 0 Å². The fourth-order valence-electron chi connectivity index (χ4n) is 3.78. The molecule has 2 aromatic rings. The van der Waals surface area contributed by atoms with Gasteiger partial charge in [0.2, 0.25) is 11.8 Å². The Balaban J connectivity index is 1.43. The summed E-state index contributed by atoms with van der Waals surface area (Å²) in [5, 5.41) is 2.37. The number of rotatable bonds is 8. The lowest BCUT2D eigenvalue weighted by Crippen LogP contribution is -2.51. The second-order valence-corrected chi connectivity index (χ2v) is 8.25. The van der Waals surface area contributed by atoms with Crippen molar-refractivity contribution in [3.63, 3.8) is 0 Å². The van der Waals surface area contributed by atoms with Crippen molar-refractivity contribution in [3.8, 4) is 5.75 Å². The summed E-state index contributed by atoms with van der Waals surface area (Å²) in [4.78, 5) is 30.5. The third-order valence-electron chi connectivity index (χ3n) is 5.68. The highest BCUT2D eigenvalue weighted by Crippen LogP contribution is 2.34. The molecular formula is C24H29F3N4O3. The minimum Gasteiger partial charge on any atom is -0.497 e. The number of likely N-dealkylation sites (N-methyl/N-ethyl adjacent to an activating group) is 1. The SMILES string of the molecule is COc1cccc(CN(C)C(=O)CN2CCN(CC(=O)Nc3ccccc3C(F)(F)F)CC2)c1. The first kappa shape index (κ1) is 25.5. The van der Waals surface area contributed by atoms with E-state index in [2.05, 4.69) is 5.32 Å². The Morgan fingerprint density at radius 2 is 1.65 bits per heavy atom. The first-order valence-corrected chi connectivity index (χ1v) is 10.9. The number of halogens is 3. The van der Waals surface area contributed by atoms with Crippen LogP contribution in [0.3, 0.4) is 0 Å². The number of carbonyl (C=O) groups is 2. The molecule has 1 fully saturated rings. The molecule has 1 heterocycles. The van der Waals surface area contributed by atoms with Crippen LogP contribution in [0.15, 0.2) is 48.5 Å². The van der Waals surface area contributed by atoms with Gasteiger partial charge in [0.25, 0.3) is 0 Å². The standard InChI is InChI=1S/C24H29F3N4O3/c1-29(15-18-6-5-7-19(14-18)34-2)23(33)17-31-12-10-30(11-13-31)16-22(32)28-21-9-4-3-8-20(21)24(25,26)27/h3-9,14H,10-13,15-17H2,1-2H3,(H,28,32). The van der Waals surface area contributed by atoms with E-state index in [1.165, 1.54) is 18.2 Å². The molecule has 10 heteroatoms. The van der Waals surface area contributed by atoms with E-state index < -0.39 is 17.6 Å². The number of piperazine rings is 1. The van der Waals surface area contributed by atoms with Crippen LogP contribution in [0, 0.1) is 0 Å². The van der Waals surface area contributed by atoms with Gasteiger partial charge in [-0.1, -0.05) is 24.3 Å². The topological polar surface area (TPSA) is 65.1 Å². The Morgan fingerprint density at radius 3 is 2.29 bits per heavy atom. The number of anilines is 1. The smallest absolute Gasteiger partial charge is 0.418 e. The number of methoxy groups -OCH3 is 1. The number of nitrogens with one attached hydrogen (secondary N) is 1. The van der Waals surface area contributed by atoms with E-state index in [0.717, 1.165) is 17.4 Å². The Labute approximate surface area is 197 Å². The molecule has 0 atom stereocenters. The van der Waals surface area contributed by atoms with Crippen LogP contribution < -0.4 is 10.1 Å². The number of benzene rings is 2. The third kappa shape index (κ3) is 7.19. The van der Waals surface area contributed by atoms with Gasteiger partial charge in [0.05, 0.1) is 31.5 Å². The van der Waals surface area contributed by atoms with Gasteiger partial charge in [-0.2, -0.15) is 13.2 Å². The summed E-state index contributed by atoms with van der Waals surface area (Å²) in [6.45, 7) is 2.98. The summed E-state index contributed by atoms with van der Waals surface area (Å²) in [5.74, 6) is 0.220. The van der Waals surface area contributed by atoms with Crippen molar-refractivity contribution in [1.82, 2.24) is 14.7 Å². The number of ether oxygens (including phenoxy) is 1. The Kier molecular flexibility index (Phi) is 8.51. The largest absolute Gasteiger partial charge is 0.497 e. The number of para-hydroxylation sites is 1. The third-order valence-corrected chi connectivity index (χ3v) is 5.68. The molecule has 7 nitrogen and oxygen atoms in total. The van der Waals surface area contributed by atoms with Crippen molar-refractivity contribution in [2.75, 3.05) is 58.7 Å². The molecule has 34 heavy (non-hydrogen) atoms. The molecule has 1 aliphatic heterocycles. The number of nitrogens with zero attached hydrogens (tertiary/aromatic N) is 3.